The highest BCUT2D eigenvalue weighted by Gasteiger charge is 2.45. The molecule has 4 heteroatoms. The molecule has 17 heavy (non-hydrogen) atoms. The maximum absolute atomic E-state index is 10.2. The maximum atomic E-state index is 10.2. The number of ether oxygens (including phenoxy) is 3. The van der Waals surface area contributed by atoms with Gasteiger partial charge in [0.15, 0.2) is 0 Å². The topological polar surface area (TPSA) is 47.9 Å². The predicted octanol–water partition coefficient (Wildman–Crippen LogP) is 1.83. The van der Waals surface area contributed by atoms with E-state index in [0.717, 1.165) is 24.0 Å². The van der Waals surface area contributed by atoms with Crippen molar-refractivity contribution in [3.8, 4) is 11.5 Å². The van der Waals surface area contributed by atoms with Crippen LogP contribution in [0.4, 0.5) is 0 Å². The lowest BCUT2D eigenvalue weighted by atomic mass is 10.0. The molecule has 0 radical (unpaired) electrons. The van der Waals surface area contributed by atoms with E-state index >= 15 is 0 Å². The monoisotopic (exact) mass is 238 g/mol. The van der Waals surface area contributed by atoms with Gasteiger partial charge in [-0.2, -0.15) is 0 Å². The van der Waals surface area contributed by atoms with Crippen LogP contribution in [0, 0.1) is 0 Å². The van der Waals surface area contributed by atoms with Crippen LogP contribution in [0.2, 0.25) is 0 Å². The van der Waals surface area contributed by atoms with E-state index in [1.165, 1.54) is 0 Å². The molecule has 2 rings (SSSR count). The maximum Gasteiger partial charge on any atom is 0.130 e. The second-order valence-corrected chi connectivity index (χ2v) is 4.33. The van der Waals surface area contributed by atoms with Crippen molar-refractivity contribution >= 4 is 0 Å². The molecule has 94 valence electrons. The third-order valence-corrected chi connectivity index (χ3v) is 3.10. The summed E-state index contributed by atoms with van der Waals surface area (Å²) in [5, 5.41) is 10.2. The van der Waals surface area contributed by atoms with Gasteiger partial charge in [-0.3, -0.25) is 0 Å². The summed E-state index contributed by atoms with van der Waals surface area (Å²) in [6.45, 7) is 0.434. The third kappa shape index (κ3) is 2.23. The van der Waals surface area contributed by atoms with E-state index in [2.05, 4.69) is 0 Å². The van der Waals surface area contributed by atoms with E-state index in [0.29, 0.717) is 18.1 Å². The van der Waals surface area contributed by atoms with Gasteiger partial charge in [-0.25, -0.2) is 0 Å². The standard InChI is InChI=1S/C13H18O4/c1-15-8-9-6-10(16-2)7-11(12(9)17-3)13(14)4-5-13/h6-7,14H,4-5,8H2,1-3H3. The lowest BCUT2D eigenvalue weighted by Gasteiger charge is -2.18. The molecule has 0 bridgehead atoms. The second kappa shape index (κ2) is 4.55. The molecular formula is C13H18O4. The Hall–Kier alpha value is -1.26. The van der Waals surface area contributed by atoms with Crippen molar-refractivity contribution in [1.82, 2.24) is 0 Å². The summed E-state index contributed by atoms with van der Waals surface area (Å²) in [4.78, 5) is 0. The molecule has 0 heterocycles. The number of methoxy groups -OCH3 is 3. The first-order valence-corrected chi connectivity index (χ1v) is 5.61. The summed E-state index contributed by atoms with van der Waals surface area (Å²) < 4.78 is 15.8. The molecule has 1 fully saturated rings. The van der Waals surface area contributed by atoms with E-state index in [9.17, 15) is 5.11 Å². The molecule has 0 atom stereocenters. The lowest BCUT2D eigenvalue weighted by Crippen LogP contribution is -2.09. The fourth-order valence-corrected chi connectivity index (χ4v) is 2.01. The largest absolute Gasteiger partial charge is 0.497 e. The molecule has 1 aliphatic carbocycles. The third-order valence-electron chi connectivity index (χ3n) is 3.10. The van der Waals surface area contributed by atoms with Crippen molar-refractivity contribution in [2.75, 3.05) is 21.3 Å². The Kier molecular flexibility index (Phi) is 3.26. The fourth-order valence-electron chi connectivity index (χ4n) is 2.01. The molecule has 1 aromatic carbocycles. The number of aliphatic hydroxyl groups is 1. The van der Waals surface area contributed by atoms with Crippen LogP contribution in [0.15, 0.2) is 12.1 Å². The first kappa shape index (κ1) is 12.2. The molecule has 0 aromatic heterocycles. The number of hydrogen-bond donors (Lipinski definition) is 1. The van der Waals surface area contributed by atoms with Gasteiger partial charge in [-0.1, -0.05) is 0 Å². The quantitative estimate of drug-likeness (QED) is 0.850. The Balaban J connectivity index is 2.50. The molecule has 1 aliphatic rings. The second-order valence-electron chi connectivity index (χ2n) is 4.33. The minimum Gasteiger partial charge on any atom is -0.497 e. The van der Waals surface area contributed by atoms with Gasteiger partial charge < -0.3 is 19.3 Å². The zero-order valence-corrected chi connectivity index (χ0v) is 10.4. The molecular weight excluding hydrogens is 220 g/mol. The van der Waals surface area contributed by atoms with E-state index in [1.807, 2.05) is 12.1 Å². The summed E-state index contributed by atoms with van der Waals surface area (Å²) in [5.41, 5.74) is 0.943. The highest BCUT2D eigenvalue weighted by molar-refractivity contribution is 5.51. The van der Waals surface area contributed by atoms with Crippen LogP contribution in [0.25, 0.3) is 0 Å². The van der Waals surface area contributed by atoms with Gasteiger partial charge in [0.2, 0.25) is 0 Å². The molecule has 0 amide bonds. The smallest absolute Gasteiger partial charge is 0.130 e. The molecule has 1 aromatic rings. The number of rotatable bonds is 5. The van der Waals surface area contributed by atoms with Gasteiger partial charge >= 0.3 is 0 Å². The van der Waals surface area contributed by atoms with Crippen molar-refractivity contribution in [2.45, 2.75) is 25.0 Å². The summed E-state index contributed by atoms with van der Waals surface area (Å²) in [7, 11) is 4.85. The molecule has 0 spiro atoms. The van der Waals surface area contributed by atoms with Gasteiger partial charge in [0.05, 0.1) is 26.4 Å². The van der Waals surface area contributed by atoms with Crippen LogP contribution in [-0.2, 0) is 16.9 Å². The van der Waals surface area contributed by atoms with Crippen LogP contribution < -0.4 is 9.47 Å². The van der Waals surface area contributed by atoms with Gasteiger partial charge in [0, 0.05) is 18.2 Å². The average Bonchev–Trinajstić information content (AvgIpc) is 3.08. The van der Waals surface area contributed by atoms with E-state index in [-0.39, 0.29) is 0 Å². The molecule has 0 unspecified atom stereocenters. The highest BCUT2D eigenvalue weighted by atomic mass is 16.5. The zero-order valence-electron chi connectivity index (χ0n) is 10.4. The first-order chi connectivity index (χ1) is 8.14. The van der Waals surface area contributed by atoms with Gasteiger partial charge in [-0.15, -0.1) is 0 Å². The predicted molar refractivity (Wildman–Crippen MR) is 63.4 cm³/mol. The normalized spacial score (nSPS) is 16.7. The van der Waals surface area contributed by atoms with Crippen molar-refractivity contribution in [3.63, 3.8) is 0 Å². The number of benzene rings is 1. The Bertz CT molecular complexity index is 410. The van der Waals surface area contributed by atoms with Crippen molar-refractivity contribution in [1.29, 1.82) is 0 Å². The van der Waals surface area contributed by atoms with Crippen LogP contribution in [0.3, 0.4) is 0 Å². The number of hydrogen-bond acceptors (Lipinski definition) is 4. The molecule has 1 saturated carbocycles. The zero-order chi connectivity index (χ0) is 12.5. The van der Waals surface area contributed by atoms with Crippen molar-refractivity contribution in [2.24, 2.45) is 0 Å². The summed E-state index contributed by atoms with van der Waals surface area (Å²) in [6, 6.07) is 3.71. The molecule has 1 N–H and O–H groups in total. The van der Waals surface area contributed by atoms with Crippen LogP contribution in [-0.4, -0.2) is 26.4 Å². The SMILES string of the molecule is COCc1cc(OC)cc(C2(O)CC2)c1OC. The van der Waals surface area contributed by atoms with Crippen LogP contribution in [0.5, 0.6) is 11.5 Å². The highest BCUT2D eigenvalue weighted by Crippen LogP contribution is 2.50. The van der Waals surface area contributed by atoms with Crippen LogP contribution in [0.1, 0.15) is 24.0 Å². The minimum absolute atomic E-state index is 0.434. The van der Waals surface area contributed by atoms with E-state index < -0.39 is 5.60 Å². The van der Waals surface area contributed by atoms with Crippen molar-refractivity contribution in [3.05, 3.63) is 23.3 Å². The fraction of sp³-hybridized carbons (Fsp3) is 0.538. The van der Waals surface area contributed by atoms with Crippen molar-refractivity contribution < 1.29 is 19.3 Å². The van der Waals surface area contributed by atoms with Gasteiger partial charge in [0.1, 0.15) is 11.5 Å². The Morgan fingerprint density at radius 3 is 2.35 bits per heavy atom. The average molecular weight is 238 g/mol. The first-order valence-electron chi connectivity index (χ1n) is 5.61. The van der Waals surface area contributed by atoms with Gasteiger partial charge in [-0.05, 0) is 25.0 Å². The van der Waals surface area contributed by atoms with E-state index in [4.69, 9.17) is 14.2 Å². The Morgan fingerprint density at radius 1 is 1.18 bits per heavy atom. The summed E-state index contributed by atoms with van der Waals surface area (Å²) in [6.07, 6.45) is 1.53. The Morgan fingerprint density at radius 2 is 1.88 bits per heavy atom. The minimum atomic E-state index is -0.748. The Labute approximate surface area is 101 Å². The summed E-state index contributed by atoms with van der Waals surface area (Å²) in [5.74, 6) is 1.42. The molecule has 4 nitrogen and oxygen atoms in total. The lowest BCUT2D eigenvalue weighted by molar-refractivity contribution is 0.144. The van der Waals surface area contributed by atoms with Gasteiger partial charge in [0.25, 0.3) is 0 Å². The van der Waals surface area contributed by atoms with Crippen LogP contribution >= 0.6 is 0 Å². The molecule has 0 aliphatic heterocycles. The molecule has 0 saturated heterocycles. The summed E-state index contributed by atoms with van der Waals surface area (Å²) >= 11 is 0. The van der Waals surface area contributed by atoms with E-state index in [1.54, 1.807) is 21.3 Å².